The van der Waals surface area contributed by atoms with E-state index in [0.29, 0.717) is 23.0 Å². The predicted octanol–water partition coefficient (Wildman–Crippen LogP) is 3.55. The number of rotatable bonds is 5. The topological polar surface area (TPSA) is 57.7 Å². The Labute approximate surface area is 165 Å². The van der Waals surface area contributed by atoms with E-state index in [2.05, 4.69) is 6.92 Å². The molecule has 6 heteroatoms. The molecule has 0 saturated carbocycles. The molecule has 2 amide bonds. The van der Waals surface area contributed by atoms with Crippen molar-refractivity contribution < 1.29 is 14.4 Å². The predicted molar refractivity (Wildman–Crippen MR) is 105 cm³/mol. The zero-order valence-electron chi connectivity index (χ0n) is 15.8. The second kappa shape index (κ2) is 8.87. The zero-order valence-corrected chi connectivity index (χ0v) is 16.6. The normalized spacial score (nSPS) is 20.7. The number of Topliss-reactive ketones (excluding diaryl/α,β-unsaturated/α-hetero) is 1. The molecule has 0 aromatic heterocycles. The van der Waals surface area contributed by atoms with E-state index in [9.17, 15) is 14.4 Å². The van der Waals surface area contributed by atoms with Gasteiger partial charge in [0.25, 0.3) is 0 Å². The van der Waals surface area contributed by atoms with Crippen molar-refractivity contribution in [1.82, 2.24) is 9.80 Å². The lowest BCUT2D eigenvalue weighted by Crippen LogP contribution is -2.49. The third-order valence-corrected chi connectivity index (χ3v) is 5.94. The highest BCUT2D eigenvalue weighted by molar-refractivity contribution is 6.30. The van der Waals surface area contributed by atoms with Crippen molar-refractivity contribution in [3.05, 3.63) is 34.9 Å². The molecule has 2 aliphatic rings. The quantitative estimate of drug-likeness (QED) is 0.722. The van der Waals surface area contributed by atoms with Crippen LogP contribution in [-0.4, -0.2) is 53.1 Å². The molecule has 2 saturated heterocycles. The summed E-state index contributed by atoms with van der Waals surface area (Å²) in [5, 5.41) is 0.577. The Hall–Kier alpha value is -1.88. The molecule has 0 aliphatic carbocycles. The number of piperidine rings is 1. The van der Waals surface area contributed by atoms with E-state index in [4.69, 9.17) is 11.6 Å². The van der Waals surface area contributed by atoms with E-state index in [1.807, 2.05) is 4.90 Å². The fraction of sp³-hybridized carbons (Fsp3) is 0.571. The van der Waals surface area contributed by atoms with Gasteiger partial charge in [0, 0.05) is 43.1 Å². The van der Waals surface area contributed by atoms with Crippen LogP contribution in [0, 0.1) is 5.92 Å². The first-order valence-corrected chi connectivity index (χ1v) is 10.2. The molecule has 0 unspecified atom stereocenters. The maximum absolute atomic E-state index is 12.9. The van der Waals surface area contributed by atoms with Gasteiger partial charge in [-0.05, 0) is 55.9 Å². The lowest BCUT2D eigenvalue weighted by molar-refractivity contribution is -0.144. The Balaban J connectivity index is 1.54. The minimum atomic E-state index is -0.350. The van der Waals surface area contributed by atoms with Gasteiger partial charge in [-0.3, -0.25) is 14.4 Å². The SMILES string of the molecule is CC1CCN(C(=O)[C@@H]2CCCN2C(=O)CCC(=O)c2ccc(Cl)cc2)CC1. The van der Waals surface area contributed by atoms with Crippen LogP contribution in [0.4, 0.5) is 0 Å². The van der Waals surface area contributed by atoms with E-state index in [-0.39, 0.29) is 36.5 Å². The first kappa shape index (κ1) is 19.9. The number of hydrogen-bond acceptors (Lipinski definition) is 3. The van der Waals surface area contributed by atoms with Crippen LogP contribution >= 0.6 is 11.6 Å². The van der Waals surface area contributed by atoms with Crippen LogP contribution in [0.5, 0.6) is 0 Å². The molecule has 27 heavy (non-hydrogen) atoms. The summed E-state index contributed by atoms with van der Waals surface area (Å²) >= 11 is 5.84. The molecule has 1 atom stereocenters. The standard InChI is InChI=1S/C21H27ClN2O3/c1-15-10-13-23(14-11-15)21(27)18-3-2-12-24(18)20(26)9-8-19(25)16-4-6-17(22)7-5-16/h4-7,15,18H,2-3,8-14H2,1H3/t18-/m0/s1. The van der Waals surface area contributed by atoms with Gasteiger partial charge in [-0.2, -0.15) is 0 Å². The molecule has 2 aliphatic heterocycles. The van der Waals surface area contributed by atoms with Crippen LogP contribution < -0.4 is 0 Å². The van der Waals surface area contributed by atoms with Crippen LogP contribution in [0.25, 0.3) is 0 Å². The number of carbonyl (C=O) groups excluding carboxylic acids is 3. The van der Waals surface area contributed by atoms with Crippen LogP contribution in [0.2, 0.25) is 5.02 Å². The lowest BCUT2D eigenvalue weighted by Gasteiger charge is -2.34. The number of amides is 2. The summed E-state index contributed by atoms with van der Waals surface area (Å²) in [4.78, 5) is 41.4. The van der Waals surface area contributed by atoms with Crippen LogP contribution in [-0.2, 0) is 9.59 Å². The molecule has 1 aromatic carbocycles. The summed E-state index contributed by atoms with van der Waals surface area (Å²) in [5.74, 6) is 0.566. The first-order valence-electron chi connectivity index (χ1n) is 9.82. The second-order valence-electron chi connectivity index (χ2n) is 7.68. The zero-order chi connectivity index (χ0) is 19.4. The largest absolute Gasteiger partial charge is 0.341 e. The molecule has 0 spiro atoms. The van der Waals surface area contributed by atoms with Crippen molar-refractivity contribution >= 4 is 29.2 Å². The molecule has 0 radical (unpaired) electrons. The van der Waals surface area contributed by atoms with E-state index in [1.165, 1.54) is 0 Å². The minimum Gasteiger partial charge on any atom is -0.341 e. The molecular weight excluding hydrogens is 364 g/mol. The van der Waals surface area contributed by atoms with E-state index in [1.54, 1.807) is 29.2 Å². The van der Waals surface area contributed by atoms with Crippen molar-refractivity contribution in [2.45, 2.75) is 51.5 Å². The van der Waals surface area contributed by atoms with Crippen molar-refractivity contribution in [2.75, 3.05) is 19.6 Å². The summed E-state index contributed by atoms with van der Waals surface area (Å²) in [6, 6.07) is 6.34. The van der Waals surface area contributed by atoms with E-state index in [0.717, 1.165) is 38.8 Å². The highest BCUT2D eigenvalue weighted by Gasteiger charge is 2.37. The van der Waals surface area contributed by atoms with Crippen molar-refractivity contribution in [1.29, 1.82) is 0 Å². The second-order valence-corrected chi connectivity index (χ2v) is 8.12. The van der Waals surface area contributed by atoms with Crippen LogP contribution in [0.15, 0.2) is 24.3 Å². The summed E-state index contributed by atoms with van der Waals surface area (Å²) in [5.41, 5.74) is 0.559. The summed E-state index contributed by atoms with van der Waals surface area (Å²) in [6.07, 6.45) is 3.92. The molecule has 5 nitrogen and oxygen atoms in total. The van der Waals surface area contributed by atoms with Gasteiger partial charge in [0.1, 0.15) is 6.04 Å². The Morgan fingerprint density at radius 3 is 2.33 bits per heavy atom. The van der Waals surface area contributed by atoms with Gasteiger partial charge in [0.05, 0.1) is 0 Å². The Bertz CT molecular complexity index is 696. The number of hydrogen-bond donors (Lipinski definition) is 0. The molecule has 3 rings (SSSR count). The number of ketones is 1. The Morgan fingerprint density at radius 1 is 1.00 bits per heavy atom. The highest BCUT2D eigenvalue weighted by atomic mass is 35.5. The van der Waals surface area contributed by atoms with Gasteiger partial charge in [-0.15, -0.1) is 0 Å². The third-order valence-electron chi connectivity index (χ3n) is 5.69. The molecule has 146 valence electrons. The van der Waals surface area contributed by atoms with E-state index >= 15 is 0 Å². The lowest BCUT2D eigenvalue weighted by atomic mass is 9.98. The van der Waals surface area contributed by atoms with Gasteiger partial charge in [0.15, 0.2) is 5.78 Å². The minimum absolute atomic E-state index is 0.0768. The maximum Gasteiger partial charge on any atom is 0.245 e. The number of nitrogens with zero attached hydrogens (tertiary/aromatic N) is 2. The third kappa shape index (κ3) is 4.89. The average molecular weight is 391 g/mol. The monoisotopic (exact) mass is 390 g/mol. The molecule has 2 fully saturated rings. The van der Waals surface area contributed by atoms with Crippen LogP contribution in [0.3, 0.4) is 0 Å². The highest BCUT2D eigenvalue weighted by Crippen LogP contribution is 2.24. The molecule has 0 bridgehead atoms. The fourth-order valence-electron chi connectivity index (χ4n) is 3.91. The van der Waals surface area contributed by atoms with Gasteiger partial charge >= 0.3 is 0 Å². The maximum atomic E-state index is 12.9. The first-order chi connectivity index (χ1) is 13.0. The Kier molecular flexibility index (Phi) is 6.53. The van der Waals surface area contributed by atoms with Gasteiger partial charge in [-0.1, -0.05) is 18.5 Å². The Morgan fingerprint density at radius 2 is 1.67 bits per heavy atom. The van der Waals surface area contributed by atoms with E-state index < -0.39 is 0 Å². The van der Waals surface area contributed by atoms with Crippen molar-refractivity contribution in [3.8, 4) is 0 Å². The van der Waals surface area contributed by atoms with Crippen LogP contribution in [0.1, 0.15) is 55.8 Å². The smallest absolute Gasteiger partial charge is 0.245 e. The average Bonchev–Trinajstić information content (AvgIpc) is 3.16. The van der Waals surface area contributed by atoms with Gasteiger partial charge < -0.3 is 9.80 Å². The molecule has 1 aromatic rings. The van der Waals surface area contributed by atoms with Crippen molar-refractivity contribution in [2.24, 2.45) is 5.92 Å². The molecular formula is C21H27ClN2O3. The number of carbonyl (C=O) groups is 3. The molecule has 0 N–H and O–H groups in total. The number of benzene rings is 1. The van der Waals surface area contributed by atoms with Gasteiger partial charge in [0.2, 0.25) is 11.8 Å². The summed E-state index contributed by atoms with van der Waals surface area (Å²) < 4.78 is 0. The van der Waals surface area contributed by atoms with Crippen molar-refractivity contribution in [3.63, 3.8) is 0 Å². The van der Waals surface area contributed by atoms with Gasteiger partial charge in [-0.25, -0.2) is 0 Å². The summed E-state index contributed by atoms with van der Waals surface area (Å²) in [6.45, 7) is 4.39. The fourth-order valence-corrected chi connectivity index (χ4v) is 4.03. The number of likely N-dealkylation sites (tertiary alicyclic amines) is 2. The molecule has 2 heterocycles. The summed E-state index contributed by atoms with van der Waals surface area (Å²) in [7, 11) is 0. The number of halogens is 1.